The number of ether oxygens (including phenoxy) is 2. The van der Waals surface area contributed by atoms with Gasteiger partial charge >= 0.3 is 0 Å². The van der Waals surface area contributed by atoms with Crippen LogP contribution in [0.3, 0.4) is 0 Å². The summed E-state index contributed by atoms with van der Waals surface area (Å²) in [4.78, 5) is 19.3. The SMILES string of the molecule is O=C(COc1ccccc1)C1CN[C@@H](c2nc(-c3ccc(N4CCOCC4)cc3)no2)CN1. The third-order valence-corrected chi connectivity index (χ3v) is 5.89. The van der Waals surface area contributed by atoms with E-state index in [2.05, 4.69) is 37.8 Å². The molecular formula is C24H27N5O4. The summed E-state index contributed by atoms with van der Waals surface area (Å²) < 4.78 is 16.5. The Morgan fingerprint density at radius 3 is 2.55 bits per heavy atom. The fourth-order valence-electron chi connectivity index (χ4n) is 3.98. The average Bonchev–Trinajstić information content (AvgIpc) is 3.39. The molecule has 3 aromatic rings. The lowest BCUT2D eigenvalue weighted by Gasteiger charge is -2.28. The predicted octanol–water partition coefficient (Wildman–Crippen LogP) is 1.82. The van der Waals surface area contributed by atoms with Gasteiger partial charge in [0.2, 0.25) is 11.7 Å². The van der Waals surface area contributed by atoms with Crippen molar-refractivity contribution in [1.29, 1.82) is 0 Å². The quantitative estimate of drug-likeness (QED) is 0.559. The summed E-state index contributed by atoms with van der Waals surface area (Å²) in [5.74, 6) is 1.73. The maximum Gasteiger partial charge on any atom is 0.245 e. The maximum absolute atomic E-state index is 12.5. The molecule has 2 fully saturated rings. The van der Waals surface area contributed by atoms with Crippen LogP contribution in [0.5, 0.6) is 5.75 Å². The molecule has 0 radical (unpaired) electrons. The lowest BCUT2D eigenvalue weighted by Crippen LogP contribution is -2.54. The average molecular weight is 450 g/mol. The number of nitrogens with one attached hydrogen (secondary N) is 2. The van der Waals surface area contributed by atoms with Crippen molar-refractivity contribution < 1.29 is 18.8 Å². The van der Waals surface area contributed by atoms with Crippen molar-refractivity contribution in [2.24, 2.45) is 0 Å². The van der Waals surface area contributed by atoms with Gasteiger partial charge in [0.25, 0.3) is 0 Å². The fourth-order valence-corrected chi connectivity index (χ4v) is 3.98. The Labute approximate surface area is 192 Å². The number of nitrogens with zero attached hydrogens (tertiary/aromatic N) is 3. The number of benzene rings is 2. The summed E-state index contributed by atoms with van der Waals surface area (Å²) in [5.41, 5.74) is 2.06. The van der Waals surface area contributed by atoms with Crippen LogP contribution in [0.25, 0.3) is 11.4 Å². The molecule has 9 nitrogen and oxygen atoms in total. The van der Waals surface area contributed by atoms with Gasteiger partial charge in [-0.2, -0.15) is 4.98 Å². The van der Waals surface area contributed by atoms with Crippen molar-refractivity contribution in [2.75, 3.05) is 50.9 Å². The molecule has 1 aromatic heterocycles. The molecule has 2 aliphatic heterocycles. The number of hydrogen-bond donors (Lipinski definition) is 2. The molecule has 0 aliphatic carbocycles. The number of anilines is 1. The van der Waals surface area contributed by atoms with Crippen LogP contribution in [0.1, 0.15) is 11.9 Å². The number of carbonyl (C=O) groups is 1. The van der Waals surface area contributed by atoms with E-state index < -0.39 is 0 Å². The van der Waals surface area contributed by atoms with Gasteiger partial charge in [-0.05, 0) is 36.4 Å². The minimum absolute atomic E-state index is 0.00335. The zero-order valence-electron chi connectivity index (χ0n) is 18.3. The highest BCUT2D eigenvalue weighted by Crippen LogP contribution is 2.23. The molecule has 1 unspecified atom stereocenters. The molecule has 172 valence electrons. The first kappa shape index (κ1) is 21.6. The van der Waals surface area contributed by atoms with E-state index in [4.69, 9.17) is 14.0 Å². The van der Waals surface area contributed by atoms with Crippen LogP contribution in [-0.4, -0.2) is 68.0 Å². The normalized spacial score (nSPS) is 21.0. The summed E-state index contributed by atoms with van der Waals surface area (Å²) in [7, 11) is 0. The van der Waals surface area contributed by atoms with Crippen LogP contribution in [0.2, 0.25) is 0 Å². The van der Waals surface area contributed by atoms with E-state index in [1.54, 1.807) is 0 Å². The second-order valence-electron chi connectivity index (χ2n) is 8.09. The summed E-state index contributed by atoms with van der Waals surface area (Å²) in [6.45, 7) is 4.31. The molecular weight excluding hydrogens is 422 g/mol. The van der Waals surface area contributed by atoms with Gasteiger partial charge in [-0.15, -0.1) is 0 Å². The Morgan fingerprint density at radius 1 is 1.03 bits per heavy atom. The lowest BCUT2D eigenvalue weighted by molar-refractivity contribution is -0.123. The van der Waals surface area contributed by atoms with Crippen LogP contribution in [0.15, 0.2) is 59.1 Å². The fraction of sp³-hybridized carbons (Fsp3) is 0.375. The number of ketones is 1. The summed E-state index contributed by atoms with van der Waals surface area (Å²) in [5, 5.41) is 10.7. The number of aromatic nitrogens is 2. The van der Waals surface area contributed by atoms with Gasteiger partial charge in [0.05, 0.1) is 25.3 Å². The molecule has 0 bridgehead atoms. The van der Waals surface area contributed by atoms with Crippen molar-refractivity contribution >= 4 is 11.5 Å². The number of para-hydroxylation sites is 1. The zero-order valence-corrected chi connectivity index (χ0v) is 18.3. The summed E-state index contributed by atoms with van der Waals surface area (Å²) in [6.07, 6.45) is 0. The van der Waals surface area contributed by atoms with Gasteiger partial charge in [-0.3, -0.25) is 4.79 Å². The molecule has 2 saturated heterocycles. The van der Waals surface area contributed by atoms with E-state index in [9.17, 15) is 4.79 Å². The van der Waals surface area contributed by atoms with Crippen molar-refractivity contribution in [1.82, 2.24) is 20.8 Å². The van der Waals surface area contributed by atoms with Gasteiger partial charge < -0.3 is 29.5 Å². The van der Waals surface area contributed by atoms with Crippen molar-refractivity contribution in [2.45, 2.75) is 12.1 Å². The molecule has 2 aliphatic rings. The third kappa shape index (κ3) is 5.22. The maximum atomic E-state index is 12.5. The van der Waals surface area contributed by atoms with Crippen molar-refractivity contribution in [3.05, 3.63) is 60.5 Å². The monoisotopic (exact) mass is 449 g/mol. The second kappa shape index (κ2) is 10.1. The predicted molar refractivity (Wildman–Crippen MR) is 122 cm³/mol. The summed E-state index contributed by atoms with van der Waals surface area (Å²) >= 11 is 0. The molecule has 2 N–H and O–H groups in total. The molecule has 0 amide bonds. The first-order valence-corrected chi connectivity index (χ1v) is 11.2. The van der Waals surface area contributed by atoms with Crippen LogP contribution in [0.4, 0.5) is 5.69 Å². The van der Waals surface area contributed by atoms with Gasteiger partial charge in [0.1, 0.15) is 12.4 Å². The highest BCUT2D eigenvalue weighted by Gasteiger charge is 2.29. The Bertz CT molecular complexity index is 1040. The number of Topliss-reactive ketones (excluding diaryl/α,β-unsaturated/α-hetero) is 1. The first-order chi connectivity index (χ1) is 16.3. The van der Waals surface area contributed by atoms with E-state index in [1.165, 1.54) is 0 Å². The molecule has 0 spiro atoms. The Hall–Kier alpha value is -3.27. The topological polar surface area (TPSA) is 102 Å². The molecule has 9 heteroatoms. The lowest BCUT2D eigenvalue weighted by atomic mass is 10.1. The van der Waals surface area contributed by atoms with E-state index >= 15 is 0 Å². The molecule has 2 aromatic carbocycles. The van der Waals surface area contributed by atoms with Gasteiger partial charge in [-0.1, -0.05) is 23.4 Å². The van der Waals surface area contributed by atoms with Crippen LogP contribution in [-0.2, 0) is 9.53 Å². The Morgan fingerprint density at radius 2 is 1.82 bits per heavy atom. The van der Waals surface area contributed by atoms with Crippen LogP contribution >= 0.6 is 0 Å². The number of rotatable bonds is 7. The smallest absolute Gasteiger partial charge is 0.245 e. The summed E-state index contributed by atoms with van der Waals surface area (Å²) in [6, 6.07) is 17.0. The molecule has 0 saturated carbocycles. The standard InChI is InChI=1S/C24H27N5O4/c30-22(16-32-19-4-2-1-3-5-19)20-14-26-21(15-25-20)24-27-23(28-33-24)17-6-8-18(9-7-17)29-10-12-31-13-11-29/h1-9,20-21,25-26H,10-16H2/t20?,21-/m1/s1. The van der Waals surface area contributed by atoms with E-state index in [0.29, 0.717) is 30.6 Å². The largest absolute Gasteiger partial charge is 0.486 e. The molecule has 2 atom stereocenters. The molecule has 3 heterocycles. The van der Waals surface area contributed by atoms with E-state index in [-0.39, 0.29) is 24.5 Å². The Balaban J connectivity index is 1.14. The van der Waals surface area contributed by atoms with Gasteiger partial charge in [0.15, 0.2) is 5.78 Å². The molecule has 33 heavy (non-hydrogen) atoms. The number of carbonyl (C=O) groups excluding carboxylic acids is 1. The van der Waals surface area contributed by atoms with Gasteiger partial charge in [0, 0.05) is 37.4 Å². The number of morpholine rings is 1. The second-order valence-corrected chi connectivity index (χ2v) is 8.09. The van der Waals surface area contributed by atoms with E-state index in [0.717, 1.165) is 37.6 Å². The molecule has 5 rings (SSSR count). The van der Waals surface area contributed by atoms with Crippen LogP contribution in [0, 0.1) is 0 Å². The third-order valence-electron chi connectivity index (χ3n) is 5.89. The van der Waals surface area contributed by atoms with E-state index in [1.807, 2.05) is 42.5 Å². The Kier molecular flexibility index (Phi) is 6.61. The zero-order chi connectivity index (χ0) is 22.5. The van der Waals surface area contributed by atoms with Crippen LogP contribution < -0.4 is 20.3 Å². The highest BCUT2D eigenvalue weighted by molar-refractivity contribution is 5.85. The highest BCUT2D eigenvalue weighted by atomic mass is 16.5. The van der Waals surface area contributed by atoms with Crippen molar-refractivity contribution in [3.8, 4) is 17.1 Å². The first-order valence-electron chi connectivity index (χ1n) is 11.2. The number of hydrogen-bond acceptors (Lipinski definition) is 9. The van der Waals surface area contributed by atoms with Crippen molar-refractivity contribution in [3.63, 3.8) is 0 Å². The minimum Gasteiger partial charge on any atom is -0.486 e. The van der Waals surface area contributed by atoms with Gasteiger partial charge in [-0.25, -0.2) is 0 Å². The minimum atomic E-state index is -0.319. The number of piperazine rings is 1.